The highest BCUT2D eigenvalue weighted by atomic mass is 16.6. The van der Waals surface area contributed by atoms with Gasteiger partial charge in [-0.25, -0.2) is 4.79 Å². The number of ether oxygens (including phenoxy) is 2. The van der Waals surface area contributed by atoms with Crippen molar-refractivity contribution in [2.24, 2.45) is 0 Å². The van der Waals surface area contributed by atoms with Gasteiger partial charge in [-0.15, -0.1) is 0 Å². The van der Waals surface area contributed by atoms with Crippen LogP contribution in [0.15, 0.2) is 24.5 Å². The molecule has 2 aliphatic heterocycles. The van der Waals surface area contributed by atoms with Crippen LogP contribution in [0.5, 0.6) is 5.75 Å². The summed E-state index contributed by atoms with van der Waals surface area (Å²) in [5.74, 6) is -0.271. The number of amides is 1. The number of benzene rings is 1. The molecule has 2 saturated heterocycles. The van der Waals surface area contributed by atoms with Gasteiger partial charge in [0.25, 0.3) is 0 Å². The molecule has 280 valence electrons. The minimum Gasteiger partial charge on any atom is -0.490 e. The first-order valence-corrected chi connectivity index (χ1v) is 19.2. The monoisotopic (exact) mass is 700 g/mol. The number of piperazine rings is 1. The van der Waals surface area contributed by atoms with Gasteiger partial charge >= 0.3 is 11.8 Å². The summed E-state index contributed by atoms with van der Waals surface area (Å²) in [6, 6.07) is 3.28. The Bertz CT molecular complexity index is 1450. The highest BCUT2D eigenvalue weighted by Crippen LogP contribution is 2.41. The number of anilines is 1. The molecule has 0 spiro atoms. The van der Waals surface area contributed by atoms with E-state index in [1.807, 2.05) is 36.5 Å². The maximum Gasteiger partial charge on any atom is 0.410 e. The second kappa shape index (κ2) is 19.3. The Morgan fingerprint density at radius 3 is 2.20 bits per heavy atom. The number of aromatic nitrogens is 2. The van der Waals surface area contributed by atoms with Gasteiger partial charge in [0.05, 0.1) is 22.3 Å². The first-order chi connectivity index (χ1) is 25.1. The third kappa shape index (κ3) is 11.6. The molecular weight excluding hydrogens is 632 g/mol. The van der Waals surface area contributed by atoms with Crippen LogP contribution in [0.2, 0.25) is 0 Å². The summed E-state index contributed by atoms with van der Waals surface area (Å²) in [6.07, 6.45) is 20.4. The Kier molecular flexibility index (Phi) is 13.6. The quantitative estimate of drug-likeness (QED) is 0.0862. The molecule has 1 aromatic carbocycles. The zero-order valence-electron chi connectivity index (χ0n) is 34.3. The van der Waals surface area contributed by atoms with Crippen molar-refractivity contribution in [2.75, 3.05) is 44.7 Å². The van der Waals surface area contributed by atoms with E-state index >= 15 is 0 Å². The lowest BCUT2D eigenvalue weighted by Crippen LogP contribution is -2.58. The van der Waals surface area contributed by atoms with Crippen LogP contribution in [0.3, 0.4) is 0 Å². The topological polar surface area (TPSA) is 106 Å². The van der Waals surface area contributed by atoms with Crippen molar-refractivity contribution < 1.29 is 23.3 Å². The van der Waals surface area contributed by atoms with Crippen LogP contribution in [0, 0.1) is 10.1 Å². The summed E-state index contributed by atoms with van der Waals surface area (Å²) in [5, 5.41) is 16.8. The average Bonchev–Trinajstić information content (AvgIpc) is 3.55. The predicted molar refractivity (Wildman–Crippen MR) is 201 cm³/mol. The van der Waals surface area contributed by atoms with Gasteiger partial charge in [-0.1, -0.05) is 77.6 Å². The van der Waals surface area contributed by atoms with Gasteiger partial charge in [0.15, 0.2) is 5.75 Å². The van der Waals surface area contributed by atoms with Crippen LogP contribution < -0.4 is 9.64 Å². The van der Waals surface area contributed by atoms with Gasteiger partial charge in [-0.2, -0.15) is 5.10 Å². The van der Waals surface area contributed by atoms with Crippen molar-refractivity contribution in [1.29, 1.82) is 0 Å². The van der Waals surface area contributed by atoms with E-state index in [1.54, 1.807) is 6.20 Å². The molecule has 0 aliphatic carbocycles. The first kappa shape index (κ1) is 35.1. The molecule has 1 amide bonds. The van der Waals surface area contributed by atoms with Crippen LogP contribution in [-0.4, -0.2) is 88.0 Å². The van der Waals surface area contributed by atoms with Crippen LogP contribution in [-0.2, 0) is 11.3 Å². The molecule has 4 rings (SSSR count). The van der Waals surface area contributed by atoms with Crippen molar-refractivity contribution in [2.45, 2.75) is 149 Å². The lowest BCUT2D eigenvalue weighted by atomic mass is 9.98. The molecule has 11 nitrogen and oxygen atoms in total. The van der Waals surface area contributed by atoms with Gasteiger partial charge in [-0.3, -0.25) is 19.7 Å². The lowest BCUT2D eigenvalue weighted by Gasteiger charge is -2.46. The van der Waals surface area contributed by atoms with E-state index in [1.165, 1.54) is 76.3 Å². The standard InChI is InChI=1S/C39H64N6O5/c1-7-8-9-10-11-12-13-14-15-16-17-18-21-43-30-32(28-40-43)34-26-36(45(47)48)37(49-6)27-35(34)41-22-19-33(20-23-41)42-24-25-44(31(2)29-42)38(46)50-39(3,4)5/h26-28,30-31,33H,7-25,29H2,1-6H3/i6D3. The van der Waals surface area contributed by atoms with Crippen LogP contribution in [0.4, 0.5) is 16.2 Å². The normalized spacial score (nSPS) is 18.8. The maximum atomic E-state index is 12.8. The number of hydrogen-bond acceptors (Lipinski definition) is 8. The van der Waals surface area contributed by atoms with Crippen LogP contribution in [0.25, 0.3) is 11.1 Å². The molecule has 0 bridgehead atoms. The molecule has 11 heteroatoms. The van der Waals surface area contributed by atoms with E-state index in [9.17, 15) is 14.9 Å². The van der Waals surface area contributed by atoms with E-state index in [0.29, 0.717) is 36.9 Å². The third-order valence-corrected chi connectivity index (χ3v) is 10.2. The van der Waals surface area contributed by atoms with Crippen LogP contribution in [0.1, 0.15) is 129 Å². The molecule has 3 heterocycles. The predicted octanol–water partition coefficient (Wildman–Crippen LogP) is 9.08. The number of carbonyl (C=O) groups excluding carboxylic acids is 1. The van der Waals surface area contributed by atoms with Gasteiger partial charge in [-0.05, 0) is 47.0 Å². The lowest BCUT2D eigenvalue weighted by molar-refractivity contribution is -0.385. The molecule has 2 aliphatic rings. The average molecular weight is 700 g/mol. The number of hydrogen-bond donors (Lipinski definition) is 0. The zero-order valence-corrected chi connectivity index (χ0v) is 31.3. The summed E-state index contributed by atoms with van der Waals surface area (Å²) >= 11 is 0. The summed E-state index contributed by atoms with van der Waals surface area (Å²) < 4.78 is 35.7. The van der Waals surface area contributed by atoms with Crippen molar-refractivity contribution in [3.63, 3.8) is 0 Å². The zero-order chi connectivity index (χ0) is 38.6. The van der Waals surface area contributed by atoms with E-state index in [4.69, 9.17) is 13.6 Å². The van der Waals surface area contributed by atoms with Crippen molar-refractivity contribution in [3.05, 3.63) is 34.6 Å². The fraction of sp³-hybridized carbons (Fsp3) is 0.744. The molecule has 1 aromatic heterocycles. The number of nitro groups is 1. The molecular formula is C39H64N6O5. The van der Waals surface area contributed by atoms with Crippen molar-refractivity contribution in [3.8, 4) is 16.9 Å². The number of unbranched alkanes of at least 4 members (excludes halogenated alkanes) is 11. The maximum absolute atomic E-state index is 12.8. The van der Waals surface area contributed by atoms with E-state index in [0.717, 1.165) is 50.9 Å². The number of nitrogens with zero attached hydrogens (tertiary/aromatic N) is 6. The van der Waals surface area contributed by atoms with E-state index in [-0.39, 0.29) is 23.6 Å². The number of aryl methyl sites for hydroxylation is 1. The Morgan fingerprint density at radius 2 is 1.62 bits per heavy atom. The van der Waals surface area contributed by atoms with Crippen molar-refractivity contribution in [1.82, 2.24) is 19.6 Å². The highest BCUT2D eigenvalue weighted by molar-refractivity contribution is 5.82. The largest absolute Gasteiger partial charge is 0.490 e. The Hall–Kier alpha value is -3.34. The summed E-state index contributed by atoms with van der Waals surface area (Å²) in [6.45, 7) is 14.2. The van der Waals surface area contributed by atoms with E-state index in [2.05, 4.69) is 28.7 Å². The van der Waals surface area contributed by atoms with Crippen molar-refractivity contribution >= 4 is 17.5 Å². The SMILES string of the molecule is [2H]C([2H])([2H])Oc1cc(N2CCC(N3CCN(C(=O)OC(C)(C)C)C(C)C3)CC2)c(-c2cnn(CCCCCCCCCCCCCC)c2)cc1[N+](=O)[O-]. The summed E-state index contributed by atoms with van der Waals surface area (Å²) in [4.78, 5) is 30.8. The molecule has 1 atom stereocenters. The molecule has 50 heavy (non-hydrogen) atoms. The second-order valence-electron chi connectivity index (χ2n) is 15.3. The van der Waals surface area contributed by atoms with Gasteiger partial charge < -0.3 is 19.3 Å². The molecule has 0 saturated carbocycles. The smallest absolute Gasteiger partial charge is 0.410 e. The van der Waals surface area contributed by atoms with Gasteiger partial charge in [0, 0.05) is 86.5 Å². The first-order valence-electron chi connectivity index (χ1n) is 20.7. The Labute approximate surface area is 305 Å². The fourth-order valence-electron chi connectivity index (χ4n) is 7.40. The minimum absolute atomic E-state index is 0.0175. The Morgan fingerprint density at radius 1 is 0.980 bits per heavy atom. The molecule has 2 fully saturated rings. The summed E-state index contributed by atoms with van der Waals surface area (Å²) in [5.41, 5.74) is 1.14. The van der Waals surface area contributed by atoms with Gasteiger partial charge in [0.2, 0.25) is 0 Å². The number of rotatable bonds is 18. The van der Waals surface area contributed by atoms with E-state index < -0.39 is 17.6 Å². The third-order valence-electron chi connectivity index (χ3n) is 10.2. The fourth-order valence-corrected chi connectivity index (χ4v) is 7.40. The molecule has 0 N–H and O–H groups in total. The number of nitro benzene ring substituents is 1. The summed E-state index contributed by atoms with van der Waals surface area (Å²) in [7, 11) is -2.84. The highest BCUT2D eigenvalue weighted by Gasteiger charge is 2.35. The molecule has 2 aromatic rings. The number of carbonyl (C=O) groups is 1. The number of piperidine rings is 1. The van der Waals surface area contributed by atoms with Crippen LogP contribution >= 0.6 is 0 Å². The second-order valence-corrected chi connectivity index (χ2v) is 15.3. The molecule has 0 radical (unpaired) electrons. The Balaban J connectivity index is 1.38. The number of methoxy groups -OCH3 is 1. The minimum atomic E-state index is -2.84. The van der Waals surface area contributed by atoms with Gasteiger partial charge in [0.1, 0.15) is 5.60 Å². The molecule has 1 unspecified atom stereocenters.